The molecule has 0 radical (unpaired) electrons. The monoisotopic (exact) mass is 260 g/mol. The molecule has 0 bridgehead atoms. The molecular weight excluding hydrogens is 240 g/mol. The fourth-order valence-corrected chi connectivity index (χ4v) is 3.83. The van der Waals surface area contributed by atoms with Crippen LogP contribution in [0.3, 0.4) is 0 Å². The Kier molecular flexibility index (Phi) is 2.75. The Morgan fingerprint density at radius 3 is 1.72 bits per heavy atom. The van der Waals surface area contributed by atoms with E-state index < -0.39 is 41.7 Å². The molecule has 2 aliphatic carbocycles. The van der Waals surface area contributed by atoms with Crippen molar-refractivity contribution in [2.45, 2.75) is 73.8 Å². The number of epoxide rings is 1. The van der Waals surface area contributed by atoms with Crippen LogP contribution in [0.25, 0.3) is 0 Å². The predicted molar refractivity (Wildman–Crippen MR) is 59.7 cm³/mol. The van der Waals surface area contributed by atoms with Crippen molar-refractivity contribution in [2.24, 2.45) is 0 Å². The van der Waals surface area contributed by atoms with Gasteiger partial charge in [0.05, 0.1) is 0 Å². The van der Waals surface area contributed by atoms with Crippen molar-refractivity contribution in [1.29, 1.82) is 0 Å². The predicted octanol–water partition coefficient (Wildman–Crippen LogP) is -1.72. The average Bonchev–Trinajstić information content (AvgIpc) is 3.02. The minimum absolute atomic E-state index is 0.647. The van der Waals surface area contributed by atoms with Gasteiger partial charge >= 0.3 is 0 Å². The van der Waals surface area contributed by atoms with Gasteiger partial charge in [-0.1, -0.05) is 19.3 Å². The van der Waals surface area contributed by atoms with Crippen LogP contribution >= 0.6 is 0 Å². The lowest BCUT2D eigenvalue weighted by molar-refractivity contribution is -0.210. The smallest absolute Gasteiger partial charge is 0.155 e. The van der Waals surface area contributed by atoms with Gasteiger partial charge in [-0.2, -0.15) is 0 Å². The fourth-order valence-electron chi connectivity index (χ4n) is 3.83. The van der Waals surface area contributed by atoms with E-state index in [2.05, 4.69) is 0 Å². The van der Waals surface area contributed by atoms with Crippen LogP contribution in [-0.2, 0) is 4.74 Å². The molecule has 6 heteroatoms. The summed E-state index contributed by atoms with van der Waals surface area (Å²) in [6.07, 6.45) is -2.91. The standard InChI is InChI=1S/C12H20O6/c13-6-7(14)9(16)12(10(17)8(6)15)11(18-12)4-2-1-3-5-11/h6-10,13-17H,1-5H2/t6?,7-,8+,9-,10-,12?/m0/s1. The Bertz CT molecular complexity index is 323. The zero-order valence-electron chi connectivity index (χ0n) is 10.1. The first-order valence-corrected chi connectivity index (χ1v) is 6.57. The average molecular weight is 260 g/mol. The van der Waals surface area contributed by atoms with Gasteiger partial charge in [0, 0.05) is 0 Å². The van der Waals surface area contributed by atoms with E-state index in [9.17, 15) is 25.5 Å². The highest BCUT2D eigenvalue weighted by Crippen LogP contribution is 2.62. The first kappa shape index (κ1) is 12.8. The van der Waals surface area contributed by atoms with E-state index in [0.717, 1.165) is 19.3 Å². The van der Waals surface area contributed by atoms with E-state index in [-0.39, 0.29) is 0 Å². The summed E-state index contributed by atoms with van der Waals surface area (Å²) in [4.78, 5) is 0. The van der Waals surface area contributed by atoms with Gasteiger partial charge < -0.3 is 30.3 Å². The normalized spacial score (nSPS) is 54.8. The molecular formula is C12H20O6. The third kappa shape index (κ3) is 1.33. The molecule has 0 aromatic rings. The number of rotatable bonds is 0. The van der Waals surface area contributed by atoms with Gasteiger partial charge in [-0.05, 0) is 12.8 Å². The molecule has 3 fully saturated rings. The molecule has 6 atom stereocenters. The number of hydrogen-bond donors (Lipinski definition) is 5. The number of ether oxygens (including phenoxy) is 1. The van der Waals surface area contributed by atoms with Gasteiger partial charge in [0.1, 0.15) is 36.1 Å². The van der Waals surface area contributed by atoms with Crippen LogP contribution in [0.4, 0.5) is 0 Å². The maximum Gasteiger partial charge on any atom is 0.155 e. The van der Waals surface area contributed by atoms with Crippen LogP contribution in [0.5, 0.6) is 0 Å². The molecule has 0 aromatic heterocycles. The first-order valence-electron chi connectivity index (χ1n) is 6.57. The second-order valence-electron chi connectivity index (χ2n) is 5.81. The van der Waals surface area contributed by atoms with Crippen LogP contribution in [0, 0.1) is 0 Å². The number of hydrogen-bond acceptors (Lipinski definition) is 6. The highest BCUT2D eigenvalue weighted by atomic mass is 16.7. The van der Waals surface area contributed by atoms with E-state index in [1.165, 1.54) is 0 Å². The van der Waals surface area contributed by atoms with Crippen molar-refractivity contribution >= 4 is 0 Å². The quantitative estimate of drug-likeness (QED) is 0.331. The van der Waals surface area contributed by atoms with Crippen molar-refractivity contribution < 1.29 is 30.3 Å². The molecule has 1 saturated heterocycles. The summed E-state index contributed by atoms with van der Waals surface area (Å²) in [6.45, 7) is 0. The lowest BCUT2D eigenvalue weighted by atomic mass is 9.68. The van der Waals surface area contributed by atoms with Gasteiger partial charge in [0.25, 0.3) is 0 Å². The third-order valence-electron chi connectivity index (χ3n) is 4.92. The van der Waals surface area contributed by atoms with E-state index in [0.29, 0.717) is 12.8 Å². The molecule has 6 nitrogen and oxygen atoms in total. The zero-order valence-corrected chi connectivity index (χ0v) is 10.1. The lowest BCUT2D eigenvalue weighted by Gasteiger charge is -2.42. The summed E-state index contributed by atoms with van der Waals surface area (Å²) in [5, 5.41) is 49.4. The van der Waals surface area contributed by atoms with Gasteiger partial charge in [0.2, 0.25) is 0 Å². The van der Waals surface area contributed by atoms with E-state index >= 15 is 0 Å². The van der Waals surface area contributed by atoms with Crippen molar-refractivity contribution in [3.63, 3.8) is 0 Å². The van der Waals surface area contributed by atoms with Crippen LogP contribution in [0.1, 0.15) is 32.1 Å². The fraction of sp³-hybridized carbons (Fsp3) is 1.00. The summed E-state index contributed by atoms with van der Waals surface area (Å²) in [6, 6.07) is 0. The molecule has 0 amide bonds. The molecule has 18 heavy (non-hydrogen) atoms. The van der Waals surface area contributed by atoms with Crippen LogP contribution < -0.4 is 0 Å². The minimum atomic E-state index is -1.55. The summed E-state index contributed by atoms with van der Waals surface area (Å²) < 4.78 is 5.66. The second-order valence-corrected chi connectivity index (χ2v) is 5.81. The van der Waals surface area contributed by atoms with E-state index in [4.69, 9.17) is 4.74 Å². The summed E-state index contributed by atoms with van der Waals surface area (Å²) in [7, 11) is 0. The highest BCUT2D eigenvalue weighted by Gasteiger charge is 2.80. The lowest BCUT2D eigenvalue weighted by Crippen LogP contribution is -2.67. The minimum Gasteiger partial charge on any atom is -0.387 e. The Hall–Kier alpha value is -0.240. The van der Waals surface area contributed by atoms with Gasteiger partial charge in [0.15, 0.2) is 5.60 Å². The second kappa shape index (κ2) is 3.88. The number of aliphatic hydroxyl groups excluding tert-OH is 5. The molecule has 2 saturated carbocycles. The van der Waals surface area contributed by atoms with Crippen molar-refractivity contribution in [1.82, 2.24) is 0 Å². The number of aliphatic hydroxyl groups is 5. The molecule has 3 aliphatic rings. The maximum absolute atomic E-state index is 10.1. The molecule has 2 spiro atoms. The SMILES string of the molecule is OC1[C@@H](O)[C@H](O)C2(OC23CCCCC3)[C@@H](O)[C@H]1O. The highest BCUT2D eigenvalue weighted by molar-refractivity contribution is 5.28. The van der Waals surface area contributed by atoms with Crippen LogP contribution in [-0.4, -0.2) is 67.3 Å². The Labute approximate surface area is 105 Å². The van der Waals surface area contributed by atoms with E-state index in [1.807, 2.05) is 0 Å². The Balaban J connectivity index is 1.91. The molecule has 2 unspecified atom stereocenters. The molecule has 3 rings (SSSR count). The molecule has 1 aliphatic heterocycles. The molecule has 5 N–H and O–H groups in total. The van der Waals surface area contributed by atoms with Crippen molar-refractivity contribution in [3.05, 3.63) is 0 Å². The van der Waals surface area contributed by atoms with Gasteiger partial charge in [-0.15, -0.1) is 0 Å². The summed E-state index contributed by atoms with van der Waals surface area (Å²) >= 11 is 0. The Morgan fingerprint density at radius 1 is 0.722 bits per heavy atom. The first-order chi connectivity index (χ1) is 8.46. The van der Waals surface area contributed by atoms with Crippen LogP contribution in [0.2, 0.25) is 0 Å². The zero-order chi connectivity index (χ0) is 13.1. The van der Waals surface area contributed by atoms with Crippen molar-refractivity contribution in [2.75, 3.05) is 0 Å². The maximum atomic E-state index is 10.1. The van der Waals surface area contributed by atoms with Gasteiger partial charge in [-0.3, -0.25) is 0 Å². The molecule has 104 valence electrons. The van der Waals surface area contributed by atoms with Gasteiger partial charge in [-0.25, -0.2) is 0 Å². The largest absolute Gasteiger partial charge is 0.387 e. The van der Waals surface area contributed by atoms with Crippen molar-refractivity contribution in [3.8, 4) is 0 Å². The molecule has 1 heterocycles. The topological polar surface area (TPSA) is 114 Å². The summed E-state index contributed by atoms with van der Waals surface area (Å²) in [5.74, 6) is 0. The molecule has 0 aromatic carbocycles. The van der Waals surface area contributed by atoms with E-state index in [1.54, 1.807) is 0 Å². The number of fused-ring (bicyclic) bond motifs is 1. The summed E-state index contributed by atoms with van der Waals surface area (Å²) in [5.41, 5.74) is -1.96. The Morgan fingerprint density at radius 2 is 1.22 bits per heavy atom. The third-order valence-corrected chi connectivity index (χ3v) is 4.92. The van der Waals surface area contributed by atoms with Crippen LogP contribution in [0.15, 0.2) is 0 Å².